The normalized spacial score (nSPS) is 18.3. The Kier molecular flexibility index (Phi) is 3.97. The molecule has 0 saturated carbocycles. The van der Waals surface area contributed by atoms with Crippen molar-refractivity contribution in [2.24, 2.45) is 0 Å². The number of likely N-dealkylation sites (tertiary alicyclic amines) is 1. The Hall–Kier alpha value is -1.98. The number of thiophene rings is 1. The van der Waals surface area contributed by atoms with Crippen LogP contribution in [0.15, 0.2) is 47.9 Å². The third kappa shape index (κ3) is 2.94. The summed E-state index contributed by atoms with van der Waals surface area (Å²) in [5, 5.41) is 3.07. The molecule has 3 heterocycles. The van der Waals surface area contributed by atoms with E-state index in [2.05, 4.69) is 6.07 Å². The summed E-state index contributed by atoms with van der Waals surface area (Å²) in [4.78, 5) is 20.4. The first-order valence-corrected chi connectivity index (χ1v) is 9.38. The lowest BCUT2D eigenvalue weighted by Gasteiger charge is -2.21. The minimum atomic E-state index is 0.0835. The molecule has 1 aliphatic rings. The molecule has 1 saturated heterocycles. The zero-order valence-corrected chi connectivity index (χ0v) is 14.1. The van der Waals surface area contributed by atoms with Gasteiger partial charge in [-0.1, -0.05) is 18.2 Å². The molecule has 116 valence electrons. The van der Waals surface area contributed by atoms with Gasteiger partial charge in [0.1, 0.15) is 5.01 Å². The summed E-state index contributed by atoms with van der Waals surface area (Å²) in [6.45, 7) is 0.814. The minimum absolute atomic E-state index is 0.0835. The van der Waals surface area contributed by atoms with Crippen molar-refractivity contribution in [2.45, 2.75) is 18.9 Å². The van der Waals surface area contributed by atoms with Gasteiger partial charge in [-0.15, -0.1) is 22.7 Å². The molecule has 0 N–H and O–H groups in total. The average Bonchev–Trinajstić information content (AvgIpc) is 3.31. The maximum atomic E-state index is 12.6. The van der Waals surface area contributed by atoms with Crippen molar-refractivity contribution in [2.75, 3.05) is 6.54 Å². The van der Waals surface area contributed by atoms with E-state index in [0.717, 1.165) is 34.8 Å². The van der Waals surface area contributed by atoms with Crippen LogP contribution < -0.4 is 0 Å². The molecule has 3 aromatic rings. The zero-order chi connectivity index (χ0) is 15.6. The number of nitrogens with zero attached hydrogens (tertiary/aromatic N) is 2. The Morgan fingerprint density at radius 1 is 1.26 bits per heavy atom. The quantitative estimate of drug-likeness (QED) is 0.646. The van der Waals surface area contributed by atoms with E-state index in [1.807, 2.05) is 46.7 Å². The summed E-state index contributed by atoms with van der Waals surface area (Å²) >= 11 is 3.34. The SMILES string of the molecule is O=C(/C=C/c1cccs1)N1CCCC1c1nc2ccccc2s1. The van der Waals surface area contributed by atoms with Crippen LogP contribution in [0.2, 0.25) is 0 Å². The molecule has 1 aliphatic heterocycles. The number of fused-ring (bicyclic) bond motifs is 1. The molecule has 4 rings (SSSR count). The lowest BCUT2D eigenvalue weighted by molar-refractivity contribution is -0.126. The number of benzene rings is 1. The van der Waals surface area contributed by atoms with E-state index in [9.17, 15) is 4.79 Å². The van der Waals surface area contributed by atoms with Gasteiger partial charge >= 0.3 is 0 Å². The predicted octanol–water partition coefficient (Wildman–Crippen LogP) is 4.73. The topological polar surface area (TPSA) is 33.2 Å². The predicted molar refractivity (Wildman–Crippen MR) is 96.7 cm³/mol. The van der Waals surface area contributed by atoms with Gasteiger partial charge in [-0.2, -0.15) is 0 Å². The molecular weight excluding hydrogens is 324 g/mol. The highest BCUT2D eigenvalue weighted by Crippen LogP contribution is 2.36. The molecule has 2 aromatic heterocycles. The maximum absolute atomic E-state index is 12.6. The molecule has 1 amide bonds. The van der Waals surface area contributed by atoms with Gasteiger partial charge in [-0.3, -0.25) is 4.79 Å². The molecule has 1 aromatic carbocycles. The first-order chi connectivity index (χ1) is 11.3. The molecule has 1 atom stereocenters. The summed E-state index contributed by atoms with van der Waals surface area (Å²) in [6, 6.07) is 12.3. The number of amides is 1. The van der Waals surface area contributed by atoms with Gasteiger partial charge in [0.25, 0.3) is 0 Å². The second-order valence-corrected chi connectivity index (χ2v) is 7.60. The largest absolute Gasteiger partial charge is 0.330 e. The van der Waals surface area contributed by atoms with Gasteiger partial charge in [0.15, 0.2) is 0 Å². The summed E-state index contributed by atoms with van der Waals surface area (Å²) in [6.07, 6.45) is 5.63. The summed E-state index contributed by atoms with van der Waals surface area (Å²) in [5.74, 6) is 0.0835. The summed E-state index contributed by atoms with van der Waals surface area (Å²) in [7, 11) is 0. The van der Waals surface area contributed by atoms with Crippen molar-refractivity contribution in [3.05, 3.63) is 57.7 Å². The molecule has 0 aliphatic carbocycles. The van der Waals surface area contributed by atoms with E-state index in [-0.39, 0.29) is 11.9 Å². The summed E-state index contributed by atoms with van der Waals surface area (Å²) in [5.41, 5.74) is 1.03. The Bertz CT molecular complexity index is 818. The van der Waals surface area contributed by atoms with Crippen molar-refractivity contribution in [3.63, 3.8) is 0 Å². The van der Waals surface area contributed by atoms with Gasteiger partial charge in [-0.05, 0) is 42.5 Å². The molecule has 5 heteroatoms. The number of para-hydroxylation sites is 1. The number of thiazole rings is 1. The fourth-order valence-corrected chi connectivity index (χ4v) is 4.69. The van der Waals surface area contributed by atoms with E-state index >= 15 is 0 Å². The minimum Gasteiger partial charge on any atom is -0.330 e. The smallest absolute Gasteiger partial charge is 0.247 e. The average molecular weight is 340 g/mol. The number of hydrogen-bond donors (Lipinski definition) is 0. The summed E-state index contributed by atoms with van der Waals surface area (Å²) < 4.78 is 1.19. The fraction of sp³-hybridized carbons (Fsp3) is 0.222. The fourth-order valence-electron chi connectivity index (χ4n) is 2.96. The van der Waals surface area contributed by atoms with Crippen LogP contribution in [0.5, 0.6) is 0 Å². The van der Waals surface area contributed by atoms with Crippen LogP contribution in [0.4, 0.5) is 0 Å². The molecule has 0 bridgehead atoms. The third-order valence-corrected chi connectivity index (χ3v) is 6.04. The van der Waals surface area contributed by atoms with Gasteiger partial charge in [0.2, 0.25) is 5.91 Å². The first kappa shape index (κ1) is 14.6. The van der Waals surface area contributed by atoms with Crippen LogP contribution in [0.25, 0.3) is 16.3 Å². The van der Waals surface area contributed by atoms with Crippen LogP contribution in [-0.2, 0) is 4.79 Å². The van der Waals surface area contributed by atoms with Crippen LogP contribution in [-0.4, -0.2) is 22.3 Å². The third-order valence-electron chi connectivity index (χ3n) is 4.06. The Morgan fingerprint density at radius 3 is 3.00 bits per heavy atom. The van der Waals surface area contributed by atoms with E-state index in [1.54, 1.807) is 28.7 Å². The van der Waals surface area contributed by atoms with Crippen LogP contribution >= 0.6 is 22.7 Å². The second kappa shape index (κ2) is 6.26. The Labute approximate surface area is 142 Å². The van der Waals surface area contributed by atoms with E-state index < -0.39 is 0 Å². The highest BCUT2D eigenvalue weighted by atomic mass is 32.1. The van der Waals surface area contributed by atoms with Gasteiger partial charge in [0, 0.05) is 17.5 Å². The van der Waals surface area contributed by atoms with Crippen molar-refractivity contribution in [1.29, 1.82) is 0 Å². The van der Waals surface area contributed by atoms with Crippen LogP contribution in [0.3, 0.4) is 0 Å². The number of hydrogen-bond acceptors (Lipinski definition) is 4. The number of rotatable bonds is 3. The van der Waals surface area contributed by atoms with E-state index in [4.69, 9.17) is 4.98 Å². The van der Waals surface area contributed by atoms with E-state index in [1.165, 1.54) is 4.70 Å². The number of carbonyl (C=O) groups excluding carboxylic acids is 1. The highest BCUT2D eigenvalue weighted by molar-refractivity contribution is 7.18. The van der Waals surface area contributed by atoms with Crippen LogP contribution in [0, 0.1) is 0 Å². The molecule has 1 unspecified atom stereocenters. The first-order valence-electron chi connectivity index (χ1n) is 7.69. The standard InChI is InChI=1S/C18H16N2OS2/c21-17(10-9-13-5-4-12-22-13)20-11-3-7-15(20)18-19-14-6-1-2-8-16(14)23-18/h1-2,4-6,8-10,12,15H,3,7,11H2/b10-9+. The van der Waals surface area contributed by atoms with Crippen molar-refractivity contribution in [1.82, 2.24) is 9.88 Å². The number of carbonyl (C=O) groups is 1. The lowest BCUT2D eigenvalue weighted by atomic mass is 10.2. The monoisotopic (exact) mass is 340 g/mol. The van der Waals surface area contributed by atoms with Gasteiger partial charge in [-0.25, -0.2) is 4.98 Å². The zero-order valence-electron chi connectivity index (χ0n) is 12.5. The molecule has 0 radical (unpaired) electrons. The highest BCUT2D eigenvalue weighted by Gasteiger charge is 2.31. The van der Waals surface area contributed by atoms with Crippen molar-refractivity contribution < 1.29 is 4.79 Å². The van der Waals surface area contributed by atoms with Gasteiger partial charge < -0.3 is 4.90 Å². The van der Waals surface area contributed by atoms with E-state index in [0.29, 0.717) is 0 Å². The van der Waals surface area contributed by atoms with Crippen molar-refractivity contribution >= 4 is 44.9 Å². The van der Waals surface area contributed by atoms with Crippen molar-refractivity contribution in [3.8, 4) is 0 Å². The second-order valence-electron chi connectivity index (χ2n) is 5.56. The van der Waals surface area contributed by atoms with Crippen LogP contribution in [0.1, 0.15) is 28.8 Å². The lowest BCUT2D eigenvalue weighted by Crippen LogP contribution is -2.28. The molecule has 23 heavy (non-hydrogen) atoms. The number of aromatic nitrogens is 1. The maximum Gasteiger partial charge on any atom is 0.247 e. The van der Waals surface area contributed by atoms with Gasteiger partial charge in [0.05, 0.1) is 16.3 Å². The Morgan fingerprint density at radius 2 is 2.17 bits per heavy atom. The molecule has 1 fully saturated rings. The molecule has 0 spiro atoms. The Balaban J connectivity index is 1.57. The molecular formula is C18H16N2OS2. The molecule has 3 nitrogen and oxygen atoms in total.